The van der Waals surface area contributed by atoms with Gasteiger partial charge in [0.25, 0.3) is 0 Å². The number of hydrogen-bond acceptors (Lipinski definition) is 3. The van der Waals surface area contributed by atoms with Crippen LogP contribution in [0.2, 0.25) is 0 Å². The lowest BCUT2D eigenvalue weighted by molar-refractivity contribution is 0.103. The average Bonchev–Trinajstić information content (AvgIpc) is 2.73. The van der Waals surface area contributed by atoms with Crippen LogP contribution in [0.4, 0.5) is 0 Å². The molecule has 0 saturated heterocycles. The van der Waals surface area contributed by atoms with Gasteiger partial charge in [0, 0.05) is 7.05 Å². The first-order valence-corrected chi connectivity index (χ1v) is 6.47. The molecule has 0 N–H and O–H groups in total. The van der Waals surface area contributed by atoms with Crippen molar-refractivity contribution in [2.45, 2.75) is 0 Å². The zero-order chi connectivity index (χ0) is 11.0. The number of ketones is 1. The summed E-state index contributed by atoms with van der Waals surface area (Å²) in [5, 5.41) is 4.01. The molecule has 0 aliphatic rings. The van der Waals surface area contributed by atoms with Gasteiger partial charge < -0.3 is 0 Å². The molecule has 0 radical (unpaired) electrons. The minimum Gasteiger partial charge on any atom is -0.286 e. The van der Waals surface area contributed by atoms with Crippen LogP contribution in [0, 0.1) is 0 Å². The highest BCUT2D eigenvalue weighted by Gasteiger charge is 2.18. The summed E-state index contributed by atoms with van der Waals surface area (Å²) >= 11 is 8.06. The largest absolute Gasteiger partial charge is 0.286 e. The number of nitrogens with zero attached hydrogens (tertiary/aromatic N) is 2. The predicted molar refractivity (Wildman–Crippen MR) is 66.4 cm³/mol. The summed E-state index contributed by atoms with van der Waals surface area (Å²) in [5.74, 6) is -0.0161. The third-order valence-corrected chi connectivity index (χ3v) is 4.11. The molecule has 78 valence electrons. The van der Waals surface area contributed by atoms with Crippen LogP contribution in [0.1, 0.15) is 15.4 Å². The first-order valence-electron chi connectivity index (χ1n) is 4.07. The van der Waals surface area contributed by atoms with E-state index in [1.807, 2.05) is 6.07 Å². The van der Waals surface area contributed by atoms with Crippen molar-refractivity contribution in [2.75, 3.05) is 0 Å². The first kappa shape index (κ1) is 11.0. The van der Waals surface area contributed by atoms with Crippen LogP contribution < -0.4 is 0 Å². The van der Waals surface area contributed by atoms with Gasteiger partial charge in [-0.25, -0.2) is 0 Å². The second kappa shape index (κ2) is 4.19. The molecule has 0 aromatic carbocycles. The fourth-order valence-electron chi connectivity index (χ4n) is 1.22. The van der Waals surface area contributed by atoms with Crippen LogP contribution >= 0.6 is 43.2 Å². The predicted octanol–water partition coefficient (Wildman–Crippen LogP) is 3.24. The van der Waals surface area contributed by atoms with Crippen molar-refractivity contribution in [3.63, 3.8) is 0 Å². The number of halogens is 2. The topological polar surface area (TPSA) is 34.9 Å². The zero-order valence-corrected chi connectivity index (χ0v) is 11.7. The van der Waals surface area contributed by atoms with Gasteiger partial charge in [-0.05, 0) is 44.0 Å². The van der Waals surface area contributed by atoms with Gasteiger partial charge in [0.15, 0.2) is 0 Å². The molecule has 0 aliphatic carbocycles. The number of aromatic nitrogens is 2. The lowest BCUT2D eigenvalue weighted by Gasteiger charge is -1.99. The second-order valence-corrected chi connectivity index (χ2v) is 6.21. The van der Waals surface area contributed by atoms with Gasteiger partial charge in [-0.2, -0.15) is 5.10 Å². The Morgan fingerprint density at radius 3 is 2.67 bits per heavy atom. The molecule has 15 heavy (non-hydrogen) atoms. The Morgan fingerprint density at radius 2 is 2.20 bits per heavy atom. The third-order valence-electron chi connectivity index (χ3n) is 1.91. The van der Waals surface area contributed by atoms with E-state index in [2.05, 4.69) is 37.0 Å². The summed E-state index contributed by atoms with van der Waals surface area (Å²) in [6, 6.07) is 3.67. The summed E-state index contributed by atoms with van der Waals surface area (Å²) in [5.41, 5.74) is 0.573. The van der Waals surface area contributed by atoms with E-state index in [1.165, 1.54) is 11.3 Å². The monoisotopic (exact) mass is 348 g/mol. The van der Waals surface area contributed by atoms with E-state index in [0.29, 0.717) is 10.6 Å². The van der Waals surface area contributed by atoms with E-state index in [-0.39, 0.29) is 5.78 Å². The van der Waals surface area contributed by atoms with E-state index in [1.54, 1.807) is 24.0 Å². The lowest BCUT2D eigenvalue weighted by Crippen LogP contribution is -2.07. The van der Waals surface area contributed by atoms with Crippen molar-refractivity contribution >= 4 is 49.0 Å². The first-order chi connectivity index (χ1) is 7.09. The van der Waals surface area contributed by atoms with E-state index in [4.69, 9.17) is 0 Å². The van der Waals surface area contributed by atoms with Gasteiger partial charge in [0.2, 0.25) is 5.78 Å². The van der Waals surface area contributed by atoms with E-state index >= 15 is 0 Å². The van der Waals surface area contributed by atoms with Crippen molar-refractivity contribution in [1.82, 2.24) is 9.78 Å². The number of carbonyl (C=O) groups is 1. The van der Waals surface area contributed by atoms with Gasteiger partial charge in [0.05, 0.1) is 19.3 Å². The van der Waals surface area contributed by atoms with Crippen LogP contribution in [-0.2, 0) is 7.05 Å². The second-order valence-electron chi connectivity index (χ2n) is 2.90. The van der Waals surface area contributed by atoms with E-state index in [0.717, 1.165) is 8.26 Å². The van der Waals surface area contributed by atoms with Crippen LogP contribution in [-0.4, -0.2) is 15.6 Å². The highest BCUT2D eigenvalue weighted by molar-refractivity contribution is 9.11. The molecular weight excluding hydrogens is 344 g/mol. The molecule has 0 unspecified atom stereocenters. The molecule has 0 amide bonds. The molecule has 2 aromatic rings. The highest BCUT2D eigenvalue weighted by atomic mass is 79.9. The molecule has 2 aromatic heterocycles. The Bertz CT molecular complexity index is 498. The minimum atomic E-state index is -0.0161. The molecule has 0 atom stereocenters. The van der Waals surface area contributed by atoms with Gasteiger partial charge in [-0.3, -0.25) is 9.48 Å². The quantitative estimate of drug-likeness (QED) is 0.780. The molecule has 3 nitrogen and oxygen atoms in total. The molecule has 2 rings (SSSR count). The summed E-state index contributed by atoms with van der Waals surface area (Å²) in [4.78, 5) is 12.8. The maximum absolute atomic E-state index is 12.1. The molecule has 0 saturated carbocycles. The van der Waals surface area contributed by atoms with E-state index < -0.39 is 0 Å². The smallest absolute Gasteiger partial charge is 0.222 e. The van der Waals surface area contributed by atoms with Gasteiger partial charge in [0.1, 0.15) is 5.69 Å². The van der Waals surface area contributed by atoms with Crippen molar-refractivity contribution < 1.29 is 4.79 Å². The molecule has 0 spiro atoms. The third kappa shape index (κ3) is 2.07. The average molecular weight is 350 g/mol. The summed E-state index contributed by atoms with van der Waals surface area (Å²) in [6.45, 7) is 0. The van der Waals surface area contributed by atoms with Crippen LogP contribution in [0.25, 0.3) is 0 Å². The van der Waals surface area contributed by atoms with Crippen molar-refractivity contribution in [1.29, 1.82) is 0 Å². The number of carbonyl (C=O) groups excluding carboxylic acids is 1. The number of hydrogen-bond donors (Lipinski definition) is 0. The van der Waals surface area contributed by atoms with Gasteiger partial charge in [-0.1, -0.05) is 0 Å². The number of rotatable bonds is 2. The maximum atomic E-state index is 12.1. The maximum Gasteiger partial charge on any atom is 0.222 e. The number of thiophene rings is 1. The van der Waals surface area contributed by atoms with Crippen LogP contribution in [0.3, 0.4) is 0 Å². The fraction of sp³-hybridized carbons (Fsp3) is 0.111. The molecule has 2 heterocycles. The summed E-state index contributed by atoms with van der Waals surface area (Å²) in [7, 11) is 1.75. The molecule has 6 heteroatoms. The Balaban J connectivity index is 2.45. The Kier molecular flexibility index (Phi) is 3.08. The minimum absolute atomic E-state index is 0.0161. The zero-order valence-electron chi connectivity index (χ0n) is 7.70. The standard InChI is InChI=1S/C9H6Br2N2OS/c1-13-8(5(10)4-12-13)9(14)6-2-3-7(11)15-6/h2-4H,1H3. The SMILES string of the molecule is Cn1ncc(Br)c1C(=O)c1ccc(Br)s1. The number of aryl methyl sites for hydroxylation is 1. The van der Waals surface area contributed by atoms with Crippen LogP contribution in [0.5, 0.6) is 0 Å². The van der Waals surface area contributed by atoms with Crippen molar-refractivity contribution in [3.05, 3.63) is 37.2 Å². The Labute approximate surface area is 107 Å². The summed E-state index contributed by atoms with van der Waals surface area (Å²) < 4.78 is 3.24. The Morgan fingerprint density at radius 1 is 1.47 bits per heavy atom. The molecule has 0 fully saturated rings. The summed E-state index contributed by atoms with van der Waals surface area (Å²) in [6.07, 6.45) is 1.62. The highest BCUT2D eigenvalue weighted by Crippen LogP contribution is 2.26. The molecule has 0 aliphatic heterocycles. The van der Waals surface area contributed by atoms with Crippen LogP contribution in [0.15, 0.2) is 26.6 Å². The van der Waals surface area contributed by atoms with Crippen molar-refractivity contribution in [3.8, 4) is 0 Å². The van der Waals surface area contributed by atoms with Crippen molar-refractivity contribution in [2.24, 2.45) is 7.05 Å². The molecule has 0 bridgehead atoms. The Hall–Kier alpha value is -0.460. The normalized spacial score (nSPS) is 10.6. The van der Waals surface area contributed by atoms with Gasteiger partial charge >= 0.3 is 0 Å². The lowest BCUT2D eigenvalue weighted by atomic mass is 10.2. The fourth-order valence-corrected chi connectivity index (χ4v) is 3.07. The van der Waals surface area contributed by atoms with E-state index in [9.17, 15) is 4.79 Å². The van der Waals surface area contributed by atoms with Gasteiger partial charge in [-0.15, -0.1) is 11.3 Å². The molecular formula is C9H6Br2N2OS.